The Bertz CT molecular complexity index is 728. The lowest BCUT2D eigenvalue weighted by molar-refractivity contribution is -0.160. The van der Waals surface area contributed by atoms with Crippen LogP contribution in [0.25, 0.3) is 0 Å². The lowest BCUT2D eigenvalue weighted by Crippen LogP contribution is -2.53. The fourth-order valence-electron chi connectivity index (χ4n) is 3.75. The molecule has 1 aliphatic rings. The molecule has 0 aromatic heterocycles. The summed E-state index contributed by atoms with van der Waals surface area (Å²) in [5.74, 6) is 0.868. The van der Waals surface area contributed by atoms with Crippen LogP contribution in [0.5, 0.6) is 5.75 Å². The Morgan fingerprint density at radius 1 is 1.32 bits per heavy atom. The number of benzene rings is 1. The summed E-state index contributed by atoms with van der Waals surface area (Å²) >= 11 is 0. The van der Waals surface area contributed by atoms with Gasteiger partial charge in [-0.25, -0.2) is 5.26 Å². The van der Waals surface area contributed by atoms with Crippen LogP contribution >= 0.6 is 8.60 Å². The second-order valence-electron chi connectivity index (χ2n) is 8.77. The van der Waals surface area contributed by atoms with E-state index in [2.05, 4.69) is 24.6 Å². The van der Waals surface area contributed by atoms with Crippen molar-refractivity contribution in [1.82, 2.24) is 0 Å². The monoisotopic (exact) mass is 411 g/mol. The summed E-state index contributed by atoms with van der Waals surface area (Å²) in [7, 11) is -2.32. The van der Waals surface area contributed by atoms with Gasteiger partial charge in [-0.3, -0.25) is 0 Å². The van der Waals surface area contributed by atoms with Crippen molar-refractivity contribution < 1.29 is 28.8 Å². The molecule has 2 rings (SSSR count). The topological polar surface area (TPSA) is 101 Å². The van der Waals surface area contributed by atoms with Gasteiger partial charge in [0.25, 0.3) is 0 Å². The Morgan fingerprint density at radius 2 is 2.00 bits per heavy atom. The molecule has 28 heavy (non-hydrogen) atoms. The predicted octanol–water partition coefficient (Wildman–Crippen LogP) is 4.58. The minimum absolute atomic E-state index is 0.0567. The van der Waals surface area contributed by atoms with E-state index in [4.69, 9.17) is 19.3 Å². The molecule has 7 nitrogen and oxygen atoms in total. The van der Waals surface area contributed by atoms with Crippen molar-refractivity contribution in [1.29, 1.82) is 5.26 Å². The first-order valence-electron chi connectivity index (χ1n) is 9.26. The molecule has 156 valence electrons. The zero-order valence-electron chi connectivity index (χ0n) is 17.4. The summed E-state index contributed by atoms with van der Waals surface area (Å²) in [5.41, 5.74) is -0.0376. The molecule has 0 fully saturated rings. The molecule has 0 bridgehead atoms. The van der Waals surface area contributed by atoms with Gasteiger partial charge in [-0.1, -0.05) is 0 Å². The maximum Gasteiger partial charge on any atom is 0.360 e. The minimum Gasteiger partial charge on any atom is -0.487 e. The summed E-state index contributed by atoms with van der Waals surface area (Å²) in [6.07, 6.45) is 1.24. The maximum absolute atomic E-state index is 9.35. The van der Waals surface area contributed by atoms with Gasteiger partial charge in [0.2, 0.25) is 0 Å². The van der Waals surface area contributed by atoms with Gasteiger partial charge in [-0.05, 0) is 78.1 Å². The van der Waals surface area contributed by atoms with Crippen LogP contribution in [0.1, 0.15) is 59.1 Å². The number of ether oxygens (including phenoxy) is 2. The van der Waals surface area contributed by atoms with Crippen molar-refractivity contribution in [2.24, 2.45) is 5.92 Å². The molecule has 1 heterocycles. The predicted molar refractivity (Wildman–Crippen MR) is 106 cm³/mol. The SMILES string of the molecule is CC(C)(CCOC(C)(C)C1Cc2cc(C#N)ccc2OC1(C)C)OP(O)OO. The number of fused-ring (bicyclic) bond motifs is 1. The van der Waals surface area contributed by atoms with Crippen molar-refractivity contribution in [3.05, 3.63) is 29.3 Å². The average Bonchev–Trinajstić information content (AvgIpc) is 2.59. The van der Waals surface area contributed by atoms with Gasteiger partial charge in [0.05, 0.1) is 29.4 Å². The van der Waals surface area contributed by atoms with Crippen LogP contribution in [-0.2, 0) is 20.4 Å². The van der Waals surface area contributed by atoms with Crippen LogP contribution in [0, 0.1) is 17.2 Å². The van der Waals surface area contributed by atoms with Crippen LogP contribution in [0.4, 0.5) is 0 Å². The van der Waals surface area contributed by atoms with E-state index in [0.29, 0.717) is 18.6 Å². The Hall–Kier alpha value is -1.26. The Balaban J connectivity index is 2.08. The third kappa shape index (κ3) is 5.64. The van der Waals surface area contributed by atoms with E-state index < -0.39 is 25.4 Å². The van der Waals surface area contributed by atoms with Crippen molar-refractivity contribution >= 4 is 8.60 Å². The van der Waals surface area contributed by atoms with E-state index in [9.17, 15) is 10.2 Å². The third-order valence-electron chi connectivity index (χ3n) is 5.24. The summed E-state index contributed by atoms with van der Waals surface area (Å²) in [5, 5.41) is 17.7. The second-order valence-corrected chi connectivity index (χ2v) is 9.59. The normalized spacial score (nSPS) is 20.0. The van der Waals surface area contributed by atoms with E-state index in [1.165, 1.54) is 0 Å². The van der Waals surface area contributed by atoms with Gasteiger partial charge >= 0.3 is 8.60 Å². The highest BCUT2D eigenvalue weighted by Crippen LogP contribution is 2.44. The molecule has 2 N–H and O–H groups in total. The highest BCUT2D eigenvalue weighted by Gasteiger charge is 2.46. The van der Waals surface area contributed by atoms with Crippen LogP contribution in [0.15, 0.2) is 18.2 Å². The maximum atomic E-state index is 9.35. The summed E-state index contributed by atoms with van der Waals surface area (Å²) in [6.45, 7) is 12.1. The smallest absolute Gasteiger partial charge is 0.360 e. The Labute approximate surface area is 168 Å². The molecule has 2 unspecified atom stereocenters. The number of nitrogens with zero attached hydrogens (tertiary/aromatic N) is 1. The molecule has 0 saturated heterocycles. The molecule has 0 spiro atoms. The largest absolute Gasteiger partial charge is 0.487 e. The highest BCUT2D eigenvalue weighted by atomic mass is 31.2. The molecule has 1 aromatic rings. The molecule has 0 amide bonds. The minimum atomic E-state index is -2.32. The molecular weight excluding hydrogens is 381 g/mol. The summed E-state index contributed by atoms with van der Waals surface area (Å²) in [6, 6.07) is 7.68. The fraction of sp³-hybridized carbons (Fsp3) is 0.650. The lowest BCUT2D eigenvalue weighted by Gasteiger charge is -2.47. The van der Waals surface area contributed by atoms with Crippen molar-refractivity contribution in [3.8, 4) is 11.8 Å². The molecule has 8 heteroatoms. The van der Waals surface area contributed by atoms with Gasteiger partial charge in [-0.15, -0.1) is 0 Å². The molecule has 1 aliphatic heterocycles. The third-order valence-corrected chi connectivity index (χ3v) is 6.03. The molecular formula is C20H30NO6P. The van der Waals surface area contributed by atoms with Crippen LogP contribution in [0.3, 0.4) is 0 Å². The fourth-order valence-corrected chi connectivity index (χ4v) is 4.29. The van der Waals surface area contributed by atoms with E-state index in [1.807, 2.05) is 26.0 Å². The zero-order chi connectivity index (χ0) is 21.2. The first-order chi connectivity index (χ1) is 12.9. The molecule has 0 aliphatic carbocycles. The molecule has 0 radical (unpaired) electrons. The molecule has 1 aromatic carbocycles. The average molecular weight is 411 g/mol. The van der Waals surface area contributed by atoms with Crippen LogP contribution < -0.4 is 4.74 Å². The van der Waals surface area contributed by atoms with Gasteiger partial charge in [-0.2, -0.15) is 9.94 Å². The van der Waals surface area contributed by atoms with Gasteiger partial charge in [0, 0.05) is 5.92 Å². The van der Waals surface area contributed by atoms with E-state index in [0.717, 1.165) is 17.7 Å². The van der Waals surface area contributed by atoms with Gasteiger partial charge < -0.3 is 18.9 Å². The quantitative estimate of drug-likeness (QED) is 0.367. The van der Waals surface area contributed by atoms with Crippen molar-refractivity contribution in [2.75, 3.05) is 6.61 Å². The van der Waals surface area contributed by atoms with Gasteiger partial charge in [0.15, 0.2) is 0 Å². The summed E-state index contributed by atoms with van der Waals surface area (Å²) < 4.78 is 21.6. The highest BCUT2D eigenvalue weighted by molar-refractivity contribution is 7.40. The molecule has 0 saturated carbocycles. The second kappa shape index (κ2) is 8.62. The number of nitriles is 1. The van der Waals surface area contributed by atoms with Crippen LogP contribution in [0.2, 0.25) is 0 Å². The zero-order valence-corrected chi connectivity index (χ0v) is 18.2. The van der Waals surface area contributed by atoms with Gasteiger partial charge in [0.1, 0.15) is 11.4 Å². The lowest BCUT2D eigenvalue weighted by atomic mass is 9.73. The van der Waals surface area contributed by atoms with Crippen LogP contribution in [-0.4, -0.2) is 33.6 Å². The van der Waals surface area contributed by atoms with E-state index in [-0.39, 0.29) is 5.92 Å². The number of hydrogen-bond acceptors (Lipinski definition) is 7. The van der Waals surface area contributed by atoms with E-state index in [1.54, 1.807) is 19.9 Å². The number of hydrogen-bond donors (Lipinski definition) is 2. The standard InChI is InChI=1S/C20H30NO6P/c1-18(2,26-28(23)27-22)9-10-24-19(3,4)17-12-15-11-14(13-21)7-8-16(15)25-20(17,5)6/h7-8,11,17,22-23H,9-10,12H2,1-6H3. The Morgan fingerprint density at radius 3 is 2.61 bits per heavy atom. The first-order valence-corrected chi connectivity index (χ1v) is 10.4. The summed E-state index contributed by atoms with van der Waals surface area (Å²) in [4.78, 5) is 9.35. The van der Waals surface area contributed by atoms with E-state index >= 15 is 0 Å². The van der Waals surface area contributed by atoms with Crippen molar-refractivity contribution in [3.63, 3.8) is 0 Å². The molecule has 2 atom stereocenters. The first kappa shape index (κ1) is 23.0. The van der Waals surface area contributed by atoms with Crippen molar-refractivity contribution in [2.45, 2.75) is 71.2 Å². The Kier molecular flexibility index (Phi) is 7.09. The number of rotatable bonds is 8.